The van der Waals surface area contributed by atoms with Crippen LogP contribution in [0.2, 0.25) is 0 Å². The van der Waals surface area contributed by atoms with Crippen LogP contribution in [0, 0.1) is 5.92 Å². The molecule has 1 atom stereocenters. The van der Waals surface area contributed by atoms with Crippen molar-refractivity contribution in [2.75, 3.05) is 10.1 Å². The fourth-order valence-corrected chi connectivity index (χ4v) is 5.46. The lowest BCUT2D eigenvalue weighted by Crippen LogP contribution is -2.30. The van der Waals surface area contributed by atoms with Gasteiger partial charge in [-0.15, -0.1) is 0 Å². The molecule has 1 aliphatic carbocycles. The highest BCUT2D eigenvalue weighted by Gasteiger charge is 2.42. The lowest BCUT2D eigenvalue weighted by atomic mass is 10.2. The first-order valence-electron chi connectivity index (χ1n) is 6.90. The Morgan fingerprint density at radius 2 is 1.77 bits per heavy atom. The molecule has 0 aromatic heterocycles. The van der Waals surface area contributed by atoms with Gasteiger partial charge < -0.3 is 0 Å². The first kappa shape index (κ1) is 15.4. The van der Waals surface area contributed by atoms with Crippen molar-refractivity contribution in [1.82, 2.24) is 4.72 Å². The number of nitrogens with zero attached hydrogens (tertiary/aromatic N) is 1. The van der Waals surface area contributed by atoms with Crippen LogP contribution < -0.4 is 9.03 Å². The van der Waals surface area contributed by atoms with E-state index in [1.807, 2.05) is 0 Å². The summed E-state index contributed by atoms with van der Waals surface area (Å²) >= 11 is 0. The van der Waals surface area contributed by atoms with E-state index in [4.69, 9.17) is 0 Å². The fraction of sp³-hybridized carbons (Fsp3) is 0.462. The maximum atomic E-state index is 12.0. The number of rotatable bonds is 4. The van der Waals surface area contributed by atoms with Crippen molar-refractivity contribution in [3.63, 3.8) is 0 Å². The molecule has 1 aromatic rings. The summed E-state index contributed by atoms with van der Waals surface area (Å²) in [6.07, 6.45) is 1.66. The second-order valence-electron chi connectivity index (χ2n) is 5.67. The molecule has 3 rings (SSSR count). The summed E-state index contributed by atoms with van der Waals surface area (Å²) in [5.41, 5.74) is 0.166. The summed E-state index contributed by atoms with van der Waals surface area (Å²) in [5, 5.41) is 0. The number of carbonyl (C=O) groups excluding carboxylic acids is 1. The van der Waals surface area contributed by atoms with Crippen LogP contribution in [0.25, 0.3) is 0 Å². The predicted molar refractivity (Wildman–Crippen MR) is 80.2 cm³/mol. The minimum atomic E-state index is -3.68. The number of nitrogens with one attached hydrogen (secondary N) is 1. The molecule has 9 heteroatoms. The Morgan fingerprint density at radius 1 is 1.18 bits per heavy atom. The summed E-state index contributed by atoms with van der Waals surface area (Å²) in [7, 11) is -7.27. The first-order valence-corrected chi connectivity index (χ1v) is 9.99. The zero-order valence-corrected chi connectivity index (χ0v) is 13.5. The first-order chi connectivity index (χ1) is 10.2. The molecule has 120 valence electrons. The molecule has 2 fully saturated rings. The number of amides is 1. The Kier molecular flexibility index (Phi) is 3.54. The van der Waals surface area contributed by atoms with Crippen LogP contribution in [0.3, 0.4) is 0 Å². The van der Waals surface area contributed by atoms with Crippen LogP contribution in [0.5, 0.6) is 0 Å². The van der Waals surface area contributed by atoms with Crippen molar-refractivity contribution in [1.29, 1.82) is 0 Å². The fourth-order valence-electron chi connectivity index (χ4n) is 2.34. The molecule has 0 spiro atoms. The van der Waals surface area contributed by atoms with Crippen LogP contribution in [0.4, 0.5) is 5.69 Å². The number of hydrogen-bond donors (Lipinski definition) is 1. The molecule has 1 saturated heterocycles. The van der Waals surface area contributed by atoms with E-state index in [0.717, 1.165) is 17.1 Å². The Balaban J connectivity index is 1.90. The number of sulfonamides is 2. The van der Waals surface area contributed by atoms with Crippen LogP contribution >= 0.6 is 0 Å². The standard InChI is InChI=1S/C13H16N2O5S2/c1-9-8-21(17,18)15(13(9)16)11-4-6-12(7-5-11)22(19,20)14-10-2-3-10/h4-7,9-10,14H,2-3,8H2,1H3/t9-/m0/s1. The van der Waals surface area contributed by atoms with Gasteiger partial charge in [0.1, 0.15) is 0 Å². The van der Waals surface area contributed by atoms with E-state index >= 15 is 0 Å². The zero-order valence-electron chi connectivity index (χ0n) is 11.9. The molecule has 7 nitrogen and oxygen atoms in total. The van der Waals surface area contributed by atoms with Gasteiger partial charge >= 0.3 is 0 Å². The summed E-state index contributed by atoms with van der Waals surface area (Å²) in [5.74, 6) is -1.31. The van der Waals surface area contributed by atoms with E-state index in [9.17, 15) is 21.6 Å². The molecule has 1 amide bonds. The molecule has 1 aromatic carbocycles. The van der Waals surface area contributed by atoms with Crippen molar-refractivity contribution < 1.29 is 21.6 Å². The predicted octanol–water partition coefficient (Wildman–Crippen LogP) is 0.440. The van der Waals surface area contributed by atoms with E-state index in [-0.39, 0.29) is 22.4 Å². The Labute approximate surface area is 129 Å². The van der Waals surface area contributed by atoms with Crippen molar-refractivity contribution in [2.45, 2.75) is 30.7 Å². The molecular weight excluding hydrogens is 328 g/mol. The van der Waals surface area contributed by atoms with Crippen molar-refractivity contribution >= 4 is 31.6 Å². The Hall–Kier alpha value is -1.45. The van der Waals surface area contributed by atoms with E-state index in [2.05, 4.69) is 4.72 Å². The van der Waals surface area contributed by atoms with Gasteiger partial charge in [0.25, 0.3) is 0 Å². The van der Waals surface area contributed by atoms with Crippen LogP contribution in [0.1, 0.15) is 19.8 Å². The molecule has 1 heterocycles. The molecule has 1 saturated carbocycles. The highest BCUT2D eigenvalue weighted by molar-refractivity contribution is 7.94. The smallest absolute Gasteiger partial charge is 0.244 e. The van der Waals surface area contributed by atoms with Crippen LogP contribution in [-0.2, 0) is 24.8 Å². The van der Waals surface area contributed by atoms with Gasteiger partial charge in [-0.05, 0) is 37.1 Å². The van der Waals surface area contributed by atoms with E-state index in [1.165, 1.54) is 24.3 Å². The SMILES string of the molecule is C[C@H]1CS(=O)(=O)N(c2ccc(S(=O)(=O)NC3CC3)cc2)C1=O. The molecule has 1 N–H and O–H groups in total. The van der Waals surface area contributed by atoms with Gasteiger partial charge in [-0.3, -0.25) is 4.79 Å². The molecule has 0 radical (unpaired) electrons. The van der Waals surface area contributed by atoms with Crippen LogP contribution in [0.15, 0.2) is 29.2 Å². The Morgan fingerprint density at radius 3 is 2.23 bits per heavy atom. The average Bonchev–Trinajstić information content (AvgIpc) is 3.18. The highest BCUT2D eigenvalue weighted by Crippen LogP contribution is 2.29. The largest absolute Gasteiger partial charge is 0.273 e. The lowest BCUT2D eigenvalue weighted by Gasteiger charge is -2.15. The second-order valence-corrected chi connectivity index (χ2v) is 9.25. The van der Waals surface area contributed by atoms with Gasteiger partial charge in [-0.1, -0.05) is 6.92 Å². The monoisotopic (exact) mass is 344 g/mol. The molecule has 0 unspecified atom stereocenters. The summed E-state index contributed by atoms with van der Waals surface area (Å²) in [6, 6.07) is 5.30. The third kappa shape index (κ3) is 2.75. The van der Waals surface area contributed by atoms with E-state index in [0.29, 0.717) is 0 Å². The lowest BCUT2D eigenvalue weighted by molar-refractivity contribution is -0.119. The number of carbonyl (C=O) groups is 1. The summed E-state index contributed by atoms with van der Waals surface area (Å²) in [6.45, 7) is 1.55. The summed E-state index contributed by atoms with van der Waals surface area (Å²) < 4.78 is 51.4. The van der Waals surface area contributed by atoms with Gasteiger partial charge in [0.2, 0.25) is 26.0 Å². The molecule has 1 aliphatic heterocycles. The summed E-state index contributed by atoms with van der Waals surface area (Å²) in [4.78, 5) is 12.0. The van der Waals surface area contributed by atoms with Gasteiger partial charge in [-0.2, -0.15) is 0 Å². The molecular formula is C13H16N2O5S2. The minimum Gasteiger partial charge on any atom is -0.273 e. The van der Waals surface area contributed by atoms with Crippen LogP contribution in [-0.4, -0.2) is 34.5 Å². The van der Waals surface area contributed by atoms with E-state index in [1.54, 1.807) is 6.92 Å². The van der Waals surface area contributed by atoms with Gasteiger partial charge in [0.15, 0.2) is 0 Å². The Bertz CT molecular complexity index is 810. The third-order valence-corrected chi connectivity index (χ3v) is 7.05. The van der Waals surface area contributed by atoms with Gasteiger partial charge in [-0.25, -0.2) is 25.9 Å². The zero-order chi connectivity index (χ0) is 16.1. The third-order valence-electron chi connectivity index (χ3n) is 3.64. The highest BCUT2D eigenvalue weighted by atomic mass is 32.2. The molecule has 2 aliphatic rings. The maximum absolute atomic E-state index is 12.0. The molecule has 0 bridgehead atoms. The number of anilines is 1. The normalized spacial score (nSPS) is 24.7. The maximum Gasteiger partial charge on any atom is 0.244 e. The van der Waals surface area contributed by atoms with Crippen molar-refractivity contribution in [3.05, 3.63) is 24.3 Å². The van der Waals surface area contributed by atoms with Gasteiger partial charge in [0, 0.05) is 6.04 Å². The number of benzene rings is 1. The molecule has 22 heavy (non-hydrogen) atoms. The average molecular weight is 344 g/mol. The minimum absolute atomic E-state index is 0.00827. The van der Waals surface area contributed by atoms with Crippen molar-refractivity contribution in [3.8, 4) is 0 Å². The topological polar surface area (TPSA) is 101 Å². The quantitative estimate of drug-likeness (QED) is 0.854. The van der Waals surface area contributed by atoms with Gasteiger partial charge in [0.05, 0.1) is 22.3 Å². The van der Waals surface area contributed by atoms with E-state index < -0.39 is 31.9 Å². The number of hydrogen-bond acceptors (Lipinski definition) is 5. The second kappa shape index (κ2) is 5.04. The van der Waals surface area contributed by atoms with Crippen molar-refractivity contribution in [2.24, 2.45) is 5.92 Å².